The first-order valence-corrected chi connectivity index (χ1v) is 9.48. The number of hydrogen-bond acceptors (Lipinski definition) is 5. The molecule has 3 N–H and O–H groups in total. The summed E-state index contributed by atoms with van der Waals surface area (Å²) in [6, 6.07) is 10.3. The van der Waals surface area contributed by atoms with Crippen LogP contribution in [0.1, 0.15) is 31.1 Å². The van der Waals surface area contributed by atoms with Gasteiger partial charge in [-0.15, -0.1) is 11.3 Å². The molecule has 0 saturated carbocycles. The van der Waals surface area contributed by atoms with E-state index in [0.29, 0.717) is 16.5 Å². The van der Waals surface area contributed by atoms with E-state index in [0.717, 1.165) is 5.56 Å². The fraction of sp³-hybridized carbons (Fsp3) is 0.200. The summed E-state index contributed by atoms with van der Waals surface area (Å²) in [5.41, 5.74) is 1.35. The van der Waals surface area contributed by atoms with Crippen molar-refractivity contribution in [3.63, 3.8) is 0 Å². The summed E-state index contributed by atoms with van der Waals surface area (Å²) in [6.45, 7) is 5.56. The van der Waals surface area contributed by atoms with Crippen molar-refractivity contribution in [2.45, 2.75) is 20.8 Å². The van der Waals surface area contributed by atoms with E-state index >= 15 is 0 Å². The molecule has 0 aliphatic heterocycles. The van der Waals surface area contributed by atoms with Crippen LogP contribution in [0.2, 0.25) is 0 Å². The van der Waals surface area contributed by atoms with Crippen LogP contribution in [0.15, 0.2) is 52.8 Å². The highest BCUT2D eigenvalue weighted by Gasteiger charge is 2.21. The van der Waals surface area contributed by atoms with Crippen molar-refractivity contribution in [1.82, 2.24) is 9.97 Å². The van der Waals surface area contributed by atoms with Crippen molar-refractivity contribution in [2.75, 3.05) is 10.6 Å². The van der Waals surface area contributed by atoms with Crippen LogP contribution >= 0.6 is 11.3 Å². The Kier molecular flexibility index (Phi) is 5.41. The van der Waals surface area contributed by atoms with Gasteiger partial charge in [0.15, 0.2) is 5.13 Å². The molecule has 2 amide bonds. The average molecular weight is 396 g/mol. The predicted molar refractivity (Wildman–Crippen MR) is 111 cm³/mol. The van der Waals surface area contributed by atoms with Gasteiger partial charge >= 0.3 is 0 Å². The molecule has 0 aliphatic rings. The zero-order valence-electron chi connectivity index (χ0n) is 15.7. The molecule has 0 aliphatic carbocycles. The lowest BCUT2D eigenvalue weighted by molar-refractivity contribution is -0.123. The molecule has 0 fully saturated rings. The molecule has 28 heavy (non-hydrogen) atoms. The van der Waals surface area contributed by atoms with Crippen LogP contribution < -0.4 is 16.2 Å². The summed E-state index contributed by atoms with van der Waals surface area (Å²) >= 11 is 1.27. The molecule has 0 atom stereocenters. The molecule has 2 aromatic heterocycles. The number of carbonyl (C=O) groups is 2. The Hall–Kier alpha value is -3.26. The molecule has 0 unspecified atom stereocenters. The lowest BCUT2D eigenvalue weighted by Gasteiger charge is -2.17. The van der Waals surface area contributed by atoms with Gasteiger partial charge in [0, 0.05) is 28.2 Å². The predicted octanol–water partition coefficient (Wildman–Crippen LogP) is 3.74. The summed E-state index contributed by atoms with van der Waals surface area (Å²) in [7, 11) is 0. The highest BCUT2D eigenvalue weighted by Crippen LogP contribution is 2.26. The third kappa shape index (κ3) is 4.52. The third-order valence-corrected chi connectivity index (χ3v) is 4.66. The van der Waals surface area contributed by atoms with E-state index in [2.05, 4.69) is 20.6 Å². The number of rotatable bonds is 4. The minimum Gasteiger partial charge on any atom is -0.328 e. The van der Waals surface area contributed by atoms with Gasteiger partial charge in [-0.05, 0) is 24.3 Å². The fourth-order valence-corrected chi connectivity index (χ4v) is 2.99. The van der Waals surface area contributed by atoms with Gasteiger partial charge in [-0.25, -0.2) is 4.98 Å². The number of benzene rings is 1. The maximum atomic E-state index is 12.2. The molecular weight excluding hydrogens is 376 g/mol. The number of pyridine rings is 1. The minimum absolute atomic E-state index is 0.0261. The largest absolute Gasteiger partial charge is 0.328 e. The van der Waals surface area contributed by atoms with E-state index in [4.69, 9.17) is 0 Å². The Morgan fingerprint density at radius 2 is 1.79 bits per heavy atom. The Labute approximate surface area is 165 Å². The van der Waals surface area contributed by atoms with E-state index in [1.54, 1.807) is 18.2 Å². The second-order valence-electron chi connectivity index (χ2n) is 7.19. The summed E-state index contributed by atoms with van der Waals surface area (Å²) < 4.78 is 0. The fourth-order valence-electron chi connectivity index (χ4n) is 2.27. The highest BCUT2D eigenvalue weighted by atomic mass is 32.1. The zero-order chi connectivity index (χ0) is 20.3. The average Bonchev–Trinajstić information content (AvgIpc) is 3.10. The summed E-state index contributed by atoms with van der Waals surface area (Å²) in [4.78, 5) is 42.8. The number of amides is 2. The zero-order valence-corrected chi connectivity index (χ0v) is 16.5. The molecule has 7 nitrogen and oxygen atoms in total. The van der Waals surface area contributed by atoms with Crippen LogP contribution in [0, 0.1) is 5.41 Å². The monoisotopic (exact) mass is 396 g/mol. The number of nitrogens with one attached hydrogen (secondary N) is 3. The second kappa shape index (κ2) is 7.77. The van der Waals surface area contributed by atoms with Crippen molar-refractivity contribution in [2.24, 2.45) is 5.41 Å². The number of H-pyrrole nitrogens is 1. The maximum absolute atomic E-state index is 12.2. The molecule has 3 rings (SSSR count). The SMILES string of the molecule is CC(C)(C)C(=O)Nc1ccc(-c2csc(NC(=O)c3ccc[nH]c3=O)n2)cc1. The van der Waals surface area contributed by atoms with Gasteiger partial charge in [-0.3, -0.25) is 19.7 Å². The van der Waals surface area contributed by atoms with Crippen LogP contribution in [0.4, 0.5) is 10.8 Å². The lowest BCUT2D eigenvalue weighted by Crippen LogP contribution is -2.27. The van der Waals surface area contributed by atoms with Gasteiger partial charge in [-0.2, -0.15) is 0 Å². The van der Waals surface area contributed by atoms with E-state index in [-0.39, 0.29) is 11.5 Å². The molecule has 0 bridgehead atoms. The molecule has 2 heterocycles. The molecule has 0 radical (unpaired) electrons. The van der Waals surface area contributed by atoms with Crippen LogP contribution in [0.25, 0.3) is 11.3 Å². The first kappa shape index (κ1) is 19.5. The molecule has 3 aromatic rings. The molecule has 144 valence electrons. The number of aromatic nitrogens is 2. The van der Waals surface area contributed by atoms with E-state index in [9.17, 15) is 14.4 Å². The Balaban J connectivity index is 1.70. The van der Waals surface area contributed by atoms with Crippen LogP contribution in [0.3, 0.4) is 0 Å². The van der Waals surface area contributed by atoms with Gasteiger partial charge in [0.05, 0.1) is 5.69 Å². The second-order valence-corrected chi connectivity index (χ2v) is 8.04. The Morgan fingerprint density at radius 1 is 1.07 bits per heavy atom. The van der Waals surface area contributed by atoms with Gasteiger partial charge in [0.25, 0.3) is 11.5 Å². The topological polar surface area (TPSA) is 104 Å². The number of hydrogen-bond donors (Lipinski definition) is 3. The van der Waals surface area contributed by atoms with Crippen molar-refractivity contribution >= 4 is 34.0 Å². The quantitative estimate of drug-likeness (QED) is 0.625. The van der Waals surface area contributed by atoms with Gasteiger partial charge in [-0.1, -0.05) is 32.9 Å². The molecular formula is C20H20N4O3S. The van der Waals surface area contributed by atoms with Crippen LogP contribution in [0.5, 0.6) is 0 Å². The third-order valence-electron chi connectivity index (χ3n) is 3.91. The number of aromatic amines is 1. The van der Waals surface area contributed by atoms with E-state index < -0.39 is 16.9 Å². The smallest absolute Gasteiger partial charge is 0.263 e. The Morgan fingerprint density at radius 3 is 2.43 bits per heavy atom. The molecule has 0 spiro atoms. The first-order chi connectivity index (χ1) is 13.2. The summed E-state index contributed by atoms with van der Waals surface area (Å²) in [5.74, 6) is -0.571. The standard InChI is InChI=1S/C20H20N4O3S/c1-20(2,3)18(27)22-13-8-6-12(7-9-13)15-11-28-19(23-15)24-17(26)14-5-4-10-21-16(14)25/h4-11H,1-3H3,(H,21,25)(H,22,27)(H,23,24,26). The minimum atomic E-state index is -0.511. The highest BCUT2D eigenvalue weighted by molar-refractivity contribution is 7.14. The normalized spacial score (nSPS) is 11.1. The number of anilines is 2. The lowest BCUT2D eigenvalue weighted by atomic mass is 9.95. The van der Waals surface area contributed by atoms with E-state index in [1.807, 2.05) is 38.3 Å². The molecule has 1 aromatic carbocycles. The number of carbonyl (C=O) groups excluding carboxylic acids is 2. The van der Waals surface area contributed by atoms with Crippen molar-refractivity contribution < 1.29 is 9.59 Å². The van der Waals surface area contributed by atoms with Crippen molar-refractivity contribution in [3.05, 3.63) is 63.9 Å². The van der Waals surface area contributed by atoms with Gasteiger partial charge in [0.2, 0.25) is 5.91 Å². The maximum Gasteiger partial charge on any atom is 0.263 e. The first-order valence-electron chi connectivity index (χ1n) is 8.60. The van der Waals surface area contributed by atoms with Crippen molar-refractivity contribution in [1.29, 1.82) is 0 Å². The molecule has 0 saturated heterocycles. The van der Waals surface area contributed by atoms with Gasteiger partial charge in [0.1, 0.15) is 5.56 Å². The van der Waals surface area contributed by atoms with Crippen molar-refractivity contribution in [3.8, 4) is 11.3 Å². The summed E-state index contributed by atoms with van der Waals surface area (Å²) in [5, 5.41) is 7.71. The molecule has 8 heteroatoms. The van der Waals surface area contributed by atoms with Gasteiger partial charge < -0.3 is 10.3 Å². The number of thiazole rings is 1. The van der Waals surface area contributed by atoms with Crippen LogP contribution in [-0.2, 0) is 4.79 Å². The van der Waals surface area contributed by atoms with Crippen LogP contribution in [-0.4, -0.2) is 21.8 Å². The summed E-state index contributed by atoms with van der Waals surface area (Å²) in [6.07, 6.45) is 1.47. The number of nitrogens with zero attached hydrogens (tertiary/aromatic N) is 1. The Bertz CT molecular complexity index is 1060. The van der Waals surface area contributed by atoms with E-state index in [1.165, 1.54) is 23.6 Å².